The maximum atomic E-state index is 13.0. The van der Waals surface area contributed by atoms with Crippen LogP contribution in [0.4, 0.5) is 0 Å². The number of aliphatic hydroxyl groups is 7. The van der Waals surface area contributed by atoms with Crippen LogP contribution in [0.3, 0.4) is 0 Å². The van der Waals surface area contributed by atoms with Crippen LogP contribution < -0.4 is 0 Å². The average Bonchev–Trinajstić information content (AvgIpc) is 3.35. The monoisotopic (exact) mass is 977 g/mol. The first-order valence-electron chi connectivity index (χ1n) is 26.2. The van der Waals surface area contributed by atoms with Crippen molar-refractivity contribution in [3.63, 3.8) is 0 Å². The second-order valence-corrected chi connectivity index (χ2v) is 17.9. The Kier molecular flexibility index (Phi) is 37.7. The third-order valence-electron chi connectivity index (χ3n) is 11.9. The summed E-state index contributed by atoms with van der Waals surface area (Å²) in [6.45, 7) is 3.39. The van der Waals surface area contributed by atoms with Gasteiger partial charge in [-0.15, -0.1) is 0 Å². The highest BCUT2D eigenvalue weighted by Gasteiger charge is 2.47. The molecule has 0 amide bonds. The second-order valence-electron chi connectivity index (χ2n) is 17.9. The highest BCUT2D eigenvalue weighted by Crippen LogP contribution is 2.26. The number of hydrogen-bond donors (Lipinski definition) is 7. The van der Waals surface area contributed by atoms with Crippen LogP contribution >= 0.6 is 0 Å². The topological polar surface area (TPSA) is 214 Å². The van der Waals surface area contributed by atoms with Crippen molar-refractivity contribution in [2.75, 3.05) is 33.0 Å². The van der Waals surface area contributed by atoms with Crippen LogP contribution in [-0.2, 0) is 33.2 Å². The van der Waals surface area contributed by atoms with Crippen molar-refractivity contribution in [1.29, 1.82) is 0 Å². The molecule has 0 aliphatic carbocycles. The van der Waals surface area contributed by atoms with Gasteiger partial charge in [0.05, 0.1) is 26.4 Å². The van der Waals surface area contributed by atoms with Crippen LogP contribution in [0.5, 0.6) is 0 Å². The van der Waals surface area contributed by atoms with Crippen LogP contribution in [0.25, 0.3) is 0 Å². The molecule has 0 aromatic heterocycles. The quantitative estimate of drug-likeness (QED) is 0.0176. The predicted octanol–water partition coefficient (Wildman–Crippen LogP) is 8.07. The number of unbranched alkanes of at least 4 members (excludes halogenated alkanes) is 12. The van der Waals surface area contributed by atoms with Crippen LogP contribution in [0.15, 0.2) is 85.1 Å². The Bertz CT molecular complexity index is 1460. The summed E-state index contributed by atoms with van der Waals surface area (Å²) < 4.78 is 34.3. The van der Waals surface area contributed by atoms with Gasteiger partial charge >= 0.3 is 5.97 Å². The standard InChI is InChI=1S/C55H92O14/c1-3-5-7-9-11-13-15-17-19-21-23-25-27-29-31-33-35-37-39-64-41-44(67-47(57)38-36-34-32-30-28-26-24-22-20-18-16-14-12-10-8-6-4-2)42-65-54-53(63)51(61)49(59)46(69-54)43-66-55-52(62)50(60)48(58)45(40-56)68-55/h5-8,11-14,17-20,24,26,44-46,48-56,58-63H,3-4,9-10,15-16,21-23,25,27-43H2,1-2H3/b7-5-,8-6-,13-11-,14-12-,19-17-,20-18-,26-24-. The Morgan fingerprint density at radius 2 is 0.899 bits per heavy atom. The summed E-state index contributed by atoms with van der Waals surface area (Å²) in [7, 11) is 0. The average molecular weight is 977 g/mol. The molecule has 396 valence electrons. The van der Waals surface area contributed by atoms with E-state index in [9.17, 15) is 40.5 Å². The smallest absolute Gasteiger partial charge is 0.306 e. The number of allylic oxidation sites excluding steroid dienone is 14. The summed E-state index contributed by atoms with van der Waals surface area (Å²) in [5.41, 5.74) is 0. The fraction of sp³-hybridized carbons (Fsp3) is 0.727. The Hall–Kier alpha value is -2.83. The molecule has 0 spiro atoms. The van der Waals surface area contributed by atoms with Crippen LogP contribution in [0, 0.1) is 0 Å². The molecule has 11 atom stereocenters. The fourth-order valence-corrected chi connectivity index (χ4v) is 7.70. The van der Waals surface area contributed by atoms with Crippen LogP contribution in [-0.4, -0.2) is 142 Å². The largest absolute Gasteiger partial charge is 0.457 e. The van der Waals surface area contributed by atoms with E-state index in [2.05, 4.69) is 98.9 Å². The van der Waals surface area contributed by atoms with Crippen molar-refractivity contribution in [2.24, 2.45) is 0 Å². The van der Waals surface area contributed by atoms with Crippen molar-refractivity contribution < 1.29 is 69.0 Å². The highest BCUT2D eigenvalue weighted by atomic mass is 16.7. The Morgan fingerprint density at radius 3 is 1.41 bits per heavy atom. The van der Waals surface area contributed by atoms with Crippen molar-refractivity contribution in [1.82, 2.24) is 0 Å². The molecule has 0 saturated carbocycles. The van der Waals surface area contributed by atoms with E-state index in [1.54, 1.807) is 0 Å². The molecule has 0 bridgehead atoms. The number of rotatable bonds is 40. The lowest BCUT2D eigenvalue weighted by atomic mass is 9.98. The second kappa shape index (κ2) is 41.8. The number of carbonyl (C=O) groups is 1. The molecule has 0 radical (unpaired) electrons. The summed E-state index contributed by atoms with van der Waals surface area (Å²) in [6, 6.07) is 0. The molecule has 2 aliphatic rings. The molecular formula is C55H92O14. The zero-order valence-electron chi connectivity index (χ0n) is 42.0. The van der Waals surface area contributed by atoms with Crippen molar-refractivity contribution in [2.45, 2.75) is 223 Å². The molecule has 2 fully saturated rings. The minimum Gasteiger partial charge on any atom is -0.457 e. The summed E-state index contributed by atoms with van der Waals surface area (Å²) in [5.74, 6) is -0.406. The van der Waals surface area contributed by atoms with E-state index in [1.807, 2.05) is 0 Å². The lowest BCUT2D eigenvalue weighted by Gasteiger charge is -2.42. The summed E-state index contributed by atoms with van der Waals surface area (Å²) in [6.07, 6.45) is 36.4. The SMILES string of the molecule is CC/C=C\C/C=C\C/C=C\C/C=C\CCCCCCC(=O)OC(COCCCCCCCCCC/C=C\C/C=C\C/C=C\CC)COC1OC(COC2OC(CO)C(O)C(O)C2O)C(O)C(O)C1O. The van der Waals surface area contributed by atoms with Gasteiger partial charge in [-0.25, -0.2) is 0 Å². The predicted molar refractivity (Wildman–Crippen MR) is 270 cm³/mol. The minimum absolute atomic E-state index is 0.0410. The first kappa shape index (κ1) is 62.3. The summed E-state index contributed by atoms with van der Waals surface area (Å²) in [4.78, 5) is 13.0. The molecule has 7 N–H and O–H groups in total. The van der Waals surface area contributed by atoms with E-state index in [0.29, 0.717) is 13.0 Å². The summed E-state index contributed by atoms with van der Waals surface area (Å²) >= 11 is 0. The normalized spacial score (nSPS) is 26.4. The van der Waals surface area contributed by atoms with Gasteiger partial charge in [0.25, 0.3) is 0 Å². The van der Waals surface area contributed by atoms with Gasteiger partial charge in [-0.05, 0) is 83.5 Å². The summed E-state index contributed by atoms with van der Waals surface area (Å²) in [5, 5.41) is 72.2. The zero-order chi connectivity index (χ0) is 50.2. The third-order valence-corrected chi connectivity index (χ3v) is 11.9. The van der Waals surface area contributed by atoms with E-state index in [4.69, 9.17) is 28.4 Å². The van der Waals surface area contributed by atoms with Gasteiger partial charge in [0.15, 0.2) is 12.6 Å². The molecule has 69 heavy (non-hydrogen) atoms. The molecule has 14 heteroatoms. The molecular weight excluding hydrogens is 885 g/mol. The van der Waals surface area contributed by atoms with E-state index in [1.165, 1.54) is 32.1 Å². The van der Waals surface area contributed by atoms with E-state index in [-0.39, 0.29) is 19.6 Å². The first-order chi connectivity index (χ1) is 33.6. The molecule has 2 rings (SSSR count). The van der Waals surface area contributed by atoms with E-state index in [0.717, 1.165) is 96.3 Å². The molecule has 2 heterocycles. The van der Waals surface area contributed by atoms with Crippen LogP contribution in [0.1, 0.15) is 155 Å². The lowest BCUT2D eigenvalue weighted by molar-refractivity contribution is -0.332. The number of carbonyl (C=O) groups excluding carboxylic acids is 1. The first-order valence-corrected chi connectivity index (χ1v) is 26.2. The molecule has 0 aromatic carbocycles. The van der Waals surface area contributed by atoms with Crippen LogP contribution in [0.2, 0.25) is 0 Å². The van der Waals surface area contributed by atoms with Gasteiger partial charge in [-0.2, -0.15) is 0 Å². The zero-order valence-corrected chi connectivity index (χ0v) is 42.0. The van der Waals surface area contributed by atoms with Crippen molar-refractivity contribution >= 4 is 5.97 Å². The van der Waals surface area contributed by atoms with Gasteiger partial charge in [-0.1, -0.05) is 150 Å². The Labute approximate surface area is 414 Å². The molecule has 14 nitrogen and oxygen atoms in total. The number of esters is 1. The highest BCUT2D eigenvalue weighted by molar-refractivity contribution is 5.69. The number of hydrogen-bond acceptors (Lipinski definition) is 14. The lowest BCUT2D eigenvalue weighted by Crippen LogP contribution is -2.61. The number of ether oxygens (including phenoxy) is 6. The van der Waals surface area contributed by atoms with Gasteiger partial charge in [0.2, 0.25) is 0 Å². The molecule has 0 aromatic rings. The molecule has 2 aliphatic heterocycles. The third kappa shape index (κ3) is 29.3. The van der Waals surface area contributed by atoms with E-state index >= 15 is 0 Å². The van der Waals surface area contributed by atoms with Crippen molar-refractivity contribution in [3.05, 3.63) is 85.1 Å². The maximum absolute atomic E-state index is 13.0. The molecule has 2 saturated heterocycles. The van der Waals surface area contributed by atoms with Gasteiger partial charge in [-0.3, -0.25) is 4.79 Å². The van der Waals surface area contributed by atoms with Crippen molar-refractivity contribution in [3.8, 4) is 0 Å². The Balaban J connectivity index is 1.78. The minimum atomic E-state index is -1.72. The fourth-order valence-electron chi connectivity index (χ4n) is 7.70. The molecule has 11 unspecified atom stereocenters. The van der Waals surface area contributed by atoms with Gasteiger partial charge in [0.1, 0.15) is 54.9 Å². The van der Waals surface area contributed by atoms with Gasteiger partial charge in [0, 0.05) is 13.0 Å². The van der Waals surface area contributed by atoms with E-state index < -0.39 is 86.7 Å². The maximum Gasteiger partial charge on any atom is 0.306 e. The number of aliphatic hydroxyl groups excluding tert-OH is 7. The Morgan fingerprint density at radius 1 is 0.478 bits per heavy atom. The van der Waals surface area contributed by atoms with Gasteiger partial charge < -0.3 is 64.2 Å².